The molecular formula is C45H28N4OS. The lowest BCUT2D eigenvalue weighted by atomic mass is 10.0. The van der Waals surface area contributed by atoms with Crippen LogP contribution in [0.3, 0.4) is 0 Å². The molecule has 0 unspecified atom stereocenters. The van der Waals surface area contributed by atoms with E-state index in [9.17, 15) is 0 Å². The fourth-order valence-corrected chi connectivity index (χ4v) is 7.91. The molecule has 9 aromatic rings. The van der Waals surface area contributed by atoms with Crippen LogP contribution in [0.2, 0.25) is 0 Å². The zero-order chi connectivity index (χ0) is 33.7. The zero-order valence-corrected chi connectivity index (χ0v) is 28.1. The van der Waals surface area contributed by atoms with Gasteiger partial charge in [-0.3, -0.25) is 0 Å². The molecule has 7 aromatic carbocycles. The largest absolute Gasteiger partial charge is 0.456 e. The van der Waals surface area contributed by atoms with Crippen LogP contribution in [0, 0.1) is 0 Å². The lowest BCUT2D eigenvalue weighted by Crippen LogP contribution is -2.14. The van der Waals surface area contributed by atoms with Crippen LogP contribution >= 0.6 is 11.8 Å². The number of rotatable bonds is 5. The van der Waals surface area contributed by atoms with Gasteiger partial charge in [0.05, 0.1) is 11.4 Å². The summed E-state index contributed by atoms with van der Waals surface area (Å²) in [6.45, 7) is 0. The van der Waals surface area contributed by atoms with Crippen molar-refractivity contribution < 1.29 is 4.42 Å². The average Bonchev–Trinajstić information content (AvgIpc) is 3.58. The Balaban J connectivity index is 1.04. The molecule has 0 atom stereocenters. The van der Waals surface area contributed by atoms with Gasteiger partial charge in [0, 0.05) is 42.9 Å². The van der Waals surface area contributed by atoms with Crippen molar-refractivity contribution in [3.05, 3.63) is 170 Å². The molecule has 0 amide bonds. The van der Waals surface area contributed by atoms with Crippen LogP contribution in [0.1, 0.15) is 0 Å². The van der Waals surface area contributed by atoms with E-state index < -0.39 is 0 Å². The smallest absolute Gasteiger partial charge is 0.164 e. The lowest BCUT2D eigenvalue weighted by molar-refractivity contribution is 0.669. The molecule has 6 heteroatoms. The monoisotopic (exact) mass is 672 g/mol. The maximum Gasteiger partial charge on any atom is 0.164 e. The maximum absolute atomic E-state index is 6.10. The van der Waals surface area contributed by atoms with E-state index in [-0.39, 0.29) is 0 Å². The molecule has 2 aromatic heterocycles. The van der Waals surface area contributed by atoms with Crippen LogP contribution in [0.5, 0.6) is 0 Å². The molecule has 240 valence electrons. The molecule has 3 heterocycles. The first-order valence-corrected chi connectivity index (χ1v) is 17.7. The van der Waals surface area contributed by atoms with Crippen molar-refractivity contribution in [2.24, 2.45) is 0 Å². The van der Waals surface area contributed by atoms with Crippen molar-refractivity contribution in [2.45, 2.75) is 9.79 Å². The SMILES string of the molecule is c1ccc(-c2nc(-c3ccccc3)nc(-c3ccc(N4c5ccccc5Sc5cc(-c6ccc7oc8ccccc8c7c6)ccc54)cc3)n2)cc1. The Bertz CT molecular complexity index is 2670. The topological polar surface area (TPSA) is 55.1 Å². The minimum absolute atomic E-state index is 0.635. The highest BCUT2D eigenvalue weighted by molar-refractivity contribution is 7.99. The molecule has 1 aliphatic rings. The molecule has 10 rings (SSSR count). The van der Waals surface area contributed by atoms with Crippen molar-refractivity contribution >= 4 is 50.8 Å². The summed E-state index contributed by atoms with van der Waals surface area (Å²) in [7, 11) is 0. The molecular weight excluding hydrogens is 645 g/mol. The summed E-state index contributed by atoms with van der Waals surface area (Å²) in [6, 6.07) is 58.7. The number of aromatic nitrogens is 3. The minimum Gasteiger partial charge on any atom is -0.456 e. The number of anilines is 3. The van der Waals surface area contributed by atoms with Crippen LogP contribution in [0.4, 0.5) is 17.1 Å². The summed E-state index contributed by atoms with van der Waals surface area (Å²) >= 11 is 1.81. The zero-order valence-electron chi connectivity index (χ0n) is 27.3. The second-order valence-electron chi connectivity index (χ2n) is 12.5. The fourth-order valence-electron chi connectivity index (χ4n) is 6.82. The lowest BCUT2D eigenvalue weighted by Gasteiger charge is -2.33. The molecule has 51 heavy (non-hydrogen) atoms. The van der Waals surface area contributed by atoms with Gasteiger partial charge in [-0.1, -0.05) is 115 Å². The Morgan fingerprint density at radius 1 is 0.392 bits per heavy atom. The third-order valence-corrected chi connectivity index (χ3v) is 10.4. The summed E-state index contributed by atoms with van der Waals surface area (Å²) in [5.41, 5.74) is 10.3. The number of furan rings is 1. The van der Waals surface area contributed by atoms with Gasteiger partial charge in [-0.2, -0.15) is 0 Å². The van der Waals surface area contributed by atoms with Gasteiger partial charge in [0.15, 0.2) is 17.5 Å². The highest BCUT2D eigenvalue weighted by atomic mass is 32.2. The van der Waals surface area contributed by atoms with E-state index >= 15 is 0 Å². The van der Waals surface area contributed by atoms with Crippen molar-refractivity contribution in [3.8, 4) is 45.3 Å². The second-order valence-corrected chi connectivity index (χ2v) is 13.6. The van der Waals surface area contributed by atoms with E-state index in [1.807, 2.05) is 84.6 Å². The molecule has 0 bridgehead atoms. The Morgan fingerprint density at radius 2 is 0.922 bits per heavy atom. The van der Waals surface area contributed by atoms with E-state index in [1.165, 1.54) is 15.4 Å². The number of nitrogens with zero attached hydrogens (tertiary/aromatic N) is 4. The Kier molecular flexibility index (Phi) is 6.99. The van der Waals surface area contributed by atoms with Gasteiger partial charge in [-0.05, 0) is 77.9 Å². The van der Waals surface area contributed by atoms with Crippen molar-refractivity contribution in [1.82, 2.24) is 15.0 Å². The first kappa shape index (κ1) is 29.4. The highest BCUT2D eigenvalue weighted by Crippen LogP contribution is 2.52. The van der Waals surface area contributed by atoms with Gasteiger partial charge < -0.3 is 9.32 Å². The fraction of sp³-hybridized carbons (Fsp3) is 0. The summed E-state index contributed by atoms with van der Waals surface area (Å²) in [4.78, 5) is 19.5. The van der Waals surface area contributed by atoms with Crippen molar-refractivity contribution in [3.63, 3.8) is 0 Å². The van der Waals surface area contributed by atoms with Crippen LogP contribution < -0.4 is 4.90 Å². The average molecular weight is 673 g/mol. The summed E-state index contributed by atoms with van der Waals surface area (Å²) < 4.78 is 6.10. The van der Waals surface area contributed by atoms with Crippen LogP contribution in [0.15, 0.2) is 184 Å². The minimum atomic E-state index is 0.635. The third kappa shape index (κ3) is 5.25. The molecule has 0 saturated heterocycles. The second kappa shape index (κ2) is 12.1. The van der Waals surface area contributed by atoms with E-state index in [0.29, 0.717) is 17.5 Å². The summed E-state index contributed by atoms with van der Waals surface area (Å²) in [6.07, 6.45) is 0. The van der Waals surface area contributed by atoms with E-state index in [1.54, 1.807) is 0 Å². The summed E-state index contributed by atoms with van der Waals surface area (Å²) in [5, 5.41) is 2.26. The van der Waals surface area contributed by atoms with Crippen molar-refractivity contribution in [1.29, 1.82) is 0 Å². The number of hydrogen-bond acceptors (Lipinski definition) is 6. The van der Waals surface area contributed by atoms with Gasteiger partial charge in [0.1, 0.15) is 11.2 Å². The molecule has 0 spiro atoms. The van der Waals surface area contributed by atoms with Gasteiger partial charge in [-0.25, -0.2) is 15.0 Å². The molecule has 0 fully saturated rings. The Labute approximate surface area is 298 Å². The molecule has 0 aliphatic carbocycles. The van der Waals surface area contributed by atoms with E-state index in [2.05, 4.69) is 102 Å². The molecule has 5 nitrogen and oxygen atoms in total. The van der Waals surface area contributed by atoms with Gasteiger partial charge >= 0.3 is 0 Å². The Hall–Kier alpha value is -6.50. The molecule has 0 saturated carbocycles. The number of benzene rings is 7. The molecule has 0 radical (unpaired) electrons. The predicted molar refractivity (Wildman–Crippen MR) is 208 cm³/mol. The first-order chi connectivity index (χ1) is 25.2. The maximum atomic E-state index is 6.10. The number of fused-ring (bicyclic) bond motifs is 5. The quantitative estimate of drug-likeness (QED) is 0.181. The number of para-hydroxylation sites is 2. The molecule has 1 aliphatic heterocycles. The highest BCUT2D eigenvalue weighted by Gasteiger charge is 2.25. The molecule has 0 N–H and O–H groups in total. The van der Waals surface area contributed by atoms with Crippen LogP contribution in [-0.2, 0) is 0 Å². The Morgan fingerprint density at radius 3 is 1.65 bits per heavy atom. The van der Waals surface area contributed by atoms with Gasteiger partial charge in [-0.15, -0.1) is 0 Å². The van der Waals surface area contributed by atoms with Crippen molar-refractivity contribution in [2.75, 3.05) is 4.90 Å². The van der Waals surface area contributed by atoms with E-state index in [0.717, 1.165) is 61.3 Å². The number of hydrogen-bond donors (Lipinski definition) is 0. The van der Waals surface area contributed by atoms with Crippen LogP contribution in [0.25, 0.3) is 67.2 Å². The van der Waals surface area contributed by atoms with Gasteiger partial charge in [0.25, 0.3) is 0 Å². The third-order valence-electron chi connectivity index (χ3n) is 9.32. The predicted octanol–water partition coefficient (Wildman–Crippen LogP) is 12.4. The standard InChI is InChI=1S/C45H28N4OS/c1-3-11-29(12-4-1)43-46-44(30-13-5-2-6-14-30)48-45(47-43)31-19-23-34(24-20-31)49-37-16-8-10-18-41(37)51-42-28-33(21-25-38(42)49)32-22-26-40-36(27-32)35-15-7-9-17-39(35)50-40/h1-28H. The van der Waals surface area contributed by atoms with Gasteiger partial charge in [0.2, 0.25) is 0 Å². The summed E-state index contributed by atoms with van der Waals surface area (Å²) in [5.74, 6) is 1.93. The van der Waals surface area contributed by atoms with Crippen LogP contribution in [-0.4, -0.2) is 15.0 Å². The first-order valence-electron chi connectivity index (χ1n) is 16.9. The normalized spacial score (nSPS) is 12.2. The van der Waals surface area contributed by atoms with E-state index in [4.69, 9.17) is 19.4 Å².